The van der Waals surface area contributed by atoms with Crippen LogP contribution >= 0.6 is 11.6 Å². The maximum Gasteiger partial charge on any atom is 0.220 e. The molecule has 0 spiro atoms. The van der Waals surface area contributed by atoms with Gasteiger partial charge in [-0.1, -0.05) is 0 Å². The van der Waals surface area contributed by atoms with Gasteiger partial charge >= 0.3 is 0 Å². The van der Waals surface area contributed by atoms with E-state index in [2.05, 4.69) is 10.3 Å². The van der Waals surface area contributed by atoms with Crippen molar-refractivity contribution < 1.29 is 9.18 Å². The third kappa shape index (κ3) is 2.18. The Kier molecular flexibility index (Phi) is 3.14. The van der Waals surface area contributed by atoms with Crippen molar-refractivity contribution in [3.05, 3.63) is 29.8 Å². The van der Waals surface area contributed by atoms with Crippen molar-refractivity contribution in [2.24, 2.45) is 0 Å². The summed E-state index contributed by atoms with van der Waals surface area (Å²) < 4.78 is 15.4. The topological polar surface area (TPSA) is 46.9 Å². The third-order valence-corrected chi connectivity index (χ3v) is 3.69. The molecule has 6 heteroatoms. The van der Waals surface area contributed by atoms with Crippen LogP contribution < -0.4 is 5.32 Å². The van der Waals surface area contributed by atoms with E-state index in [1.54, 1.807) is 6.07 Å². The molecule has 19 heavy (non-hydrogen) atoms. The first kappa shape index (κ1) is 12.4. The van der Waals surface area contributed by atoms with E-state index in [9.17, 15) is 9.18 Å². The van der Waals surface area contributed by atoms with Gasteiger partial charge in [-0.05, 0) is 24.6 Å². The summed E-state index contributed by atoms with van der Waals surface area (Å²) in [5.74, 6) is 0.734. The highest BCUT2D eigenvalue weighted by Crippen LogP contribution is 2.27. The van der Waals surface area contributed by atoms with Crippen LogP contribution in [0.5, 0.6) is 0 Å². The third-order valence-electron chi connectivity index (χ3n) is 3.45. The Morgan fingerprint density at radius 2 is 2.37 bits per heavy atom. The number of rotatable bonds is 2. The van der Waals surface area contributed by atoms with Gasteiger partial charge in [0.25, 0.3) is 0 Å². The lowest BCUT2D eigenvalue weighted by atomic mass is 10.1. The molecule has 0 bridgehead atoms. The fourth-order valence-corrected chi connectivity index (χ4v) is 2.75. The van der Waals surface area contributed by atoms with Crippen molar-refractivity contribution in [1.29, 1.82) is 0 Å². The molecule has 1 fully saturated rings. The Bertz CT molecular complexity index is 630. The molecule has 1 aliphatic rings. The van der Waals surface area contributed by atoms with Crippen LogP contribution in [0.2, 0.25) is 0 Å². The Morgan fingerprint density at radius 3 is 3.05 bits per heavy atom. The average molecular weight is 282 g/mol. The Hall–Kier alpha value is -1.62. The van der Waals surface area contributed by atoms with Crippen molar-refractivity contribution in [3.63, 3.8) is 0 Å². The Labute approximate surface area is 114 Å². The zero-order valence-corrected chi connectivity index (χ0v) is 11.0. The second kappa shape index (κ2) is 4.81. The van der Waals surface area contributed by atoms with Crippen LogP contribution in [-0.2, 0) is 10.7 Å². The summed E-state index contributed by atoms with van der Waals surface area (Å²) in [6.07, 6.45) is 1.19. The number of benzene rings is 1. The number of imidazole rings is 1. The van der Waals surface area contributed by atoms with Gasteiger partial charge in [0.1, 0.15) is 11.6 Å². The summed E-state index contributed by atoms with van der Waals surface area (Å²) in [6, 6.07) is 4.59. The first-order valence-corrected chi connectivity index (χ1v) is 6.71. The molecule has 1 amide bonds. The molecular weight excluding hydrogens is 269 g/mol. The van der Waals surface area contributed by atoms with Gasteiger partial charge in [-0.2, -0.15) is 0 Å². The highest BCUT2D eigenvalue weighted by atomic mass is 35.5. The largest absolute Gasteiger partial charge is 0.354 e. The molecule has 2 aromatic rings. The van der Waals surface area contributed by atoms with E-state index in [1.165, 1.54) is 12.1 Å². The Balaban J connectivity index is 2.09. The van der Waals surface area contributed by atoms with Gasteiger partial charge in [-0.25, -0.2) is 9.37 Å². The molecule has 100 valence electrons. The fourth-order valence-electron chi connectivity index (χ4n) is 2.56. The van der Waals surface area contributed by atoms with Crippen molar-refractivity contribution in [1.82, 2.24) is 14.9 Å². The predicted octanol–water partition coefficient (Wildman–Crippen LogP) is 2.37. The first-order chi connectivity index (χ1) is 9.19. The molecule has 1 aliphatic heterocycles. The molecule has 1 unspecified atom stereocenters. The van der Waals surface area contributed by atoms with Crippen LogP contribution in [-0.4, -0.2) is 22.0 Å². The number of nitrogens with zero attached hydrogens (tertiary/aromatic N) is 2. The summed E-state index contributed by atoms with van der Waals surface area (Å²) in [6.45, 7) is 0.532. The lowest BCUT2D eigenvalue weighted by Gasteiger charge is -2.25. The lowest BCUT2D eigenvalue weighted by Crippen LogP contribution is -2.36. The maximum atomic E-state index is 13.4. The van der Waals surface area contributed by atoms with Gasteiger partial charge in [-0.3, -0.25) is 4.79 Å². The number of carbonyl (C=O) groups is 1. The van der Waals surface area contributed by atoms with Crippen LogP contribution in [0.4, 0.5) is 4.39 Å². The maximum absolute atomic E-state index is 13.4. The number of nitrogens with one attached hydrogen (secondary N) is 1. The number of hydrogen-bond donors (Lipinski definition) is 1. The van der Waals surface area contributed by atoms with Crippen molar-refractivity contribution >= 4 is 28.5 Å². The zero-order chi connectivity index (χ0) is 13.4. The number of fused-ring (bicyclic) bond motifs is 1. The summed E-state index contributed by atoms with van der Waals surface area (Å²) in [5, 5.41) is 2.83. The summed E-state index contributed by atoms with van der Waals surface area (Å²) in [4.78, 5) is 15.6. The van der Waals surface area contributed by atoms with Crippen molar-refractivity contribution in [2.75, 3.05) is 6.54 Å². The highest BCUT2D eigenvalue weighted by molar-refractivity contribution is 6.16. The number of halogens is 2. The standard InChI is InChI=1S/C13H13ClFN3O/c14-6-12-17-10-3-1-8(15)5-11(10)18(12)9-2-4-13(19)16-7-9/h1,3,5,9H,2,4,6-7H2,(H,16,19). The molecule has 0 aliphatic carbocycles. The summed E-state index contributed by atoms with van der Waals surface area (Å²) >= 11 is 5.93. The van der Waals surface area contributed by atoms with Crippen LogP contribution in [0.15, 0.2) is 18.2 Å². The molecular formula is C13H13ClFN3O. The van der Waals surface area contributed by atoms with Gasteiger partial charge in [0, 0.05) is 13.0 Å². The molecule has 0 saturated carbocycles. The molecule has 1 aromatic heterocycles. The van der Waals surface area contributed by atoms with Crippen LogP contribution in [0, 0.1) is 5.82 Å². The predicted molar refractivity (Wildman–Crippen MR) is 70.5 cm³/mol. The fraction of sp³-hybridized carbons (Fsp3) is 0.385. The van der Waals surface area contributed by atoms with Gasteiger partial charge in [0.2, 0.25) is 5.91 Å². The number of amides is 1. The highest BCUT2D eigenvalue weighted by Gasteiger charge is 2.23. The molecule has 3 rings (SSSR count). The van der Waals surface area contributed by atoms with E-state index < -0.39 is 0 Å². The molecule has 4 nitrogen and oxygen atoms in total. The summed E-state index contributed by atoms with van der Waals surface area (Å²) in [7, 11) is 0. The van der Waals surface area contributed by atoms with Crippen LogP contribution in [0.3, 0.4) is 0 Å². The summed E-state index contributed by atoms with van der Waals surface area (Å²) in [5.41, 5.74) is 1.46. The SMILES string of the molecule is O=C1CCC(n2c(CCl)nc3ccc(F)cc32)CN1. The second-order valence-corrected chi connectivity index (χ2v) is 4.93. The molecule has 1 aromatic carbocycles. The number of hydrogen-bond acceptors (Lipinski definition) is 2. The average Bonchev–Trinajstić information content (AvgIpc) is 2.77. The zero-order valence-electron chi connectivity index (χ0n) is 10.2. The van der Waals surface area contributed by atoms with Gasteiger partial charge in [0.05, 0.1) is 23.0 Å². The van der Waals surface area contributed by atoms with Gasteiger partial charge < -0.3 is 9.88 Å². The van der Waals surface area contributed by atoms with E-state index >= 15 is 0 Å². The normalized spacial score (nSPS) is 19.7. The van der Waals surface area contributed by atoms with Gasteiger partial charge in [-0.15, -0.1) is 11.6 Å². The van der Waals surface area contributed by atoms with Crippen molar-refractivity contribution in [2.45, 2.75) is 24.8 Å². The number of carbonyl (C=O) groups excluding carboxylic acids is 1. The molecule has 1 N–H and O–H groups in total. The lowest BCUT2D eigenvalue weighted by molar-refractivity contribution is -0.122. The number of piperidine rings is 1. The molecule has 1 saturated heterocycles. The monoisotopic (exact) mass is 281 g/mol. The van der Waals surface area contributed by atoms with E-state index in [4.69, 9.17) is 11.6 Å². The van der Waals surface area contributed by atoms with Gasteiger partial charge in [0.15, 0.2) is 0 Å². The Morgan fingerprint density at radius 1 is 1.53 bits per heavy atom. The number of alkyl halides is 1. The molecule has 2 heterocycles. The smallest absolute Gasteiger partial charge is 0.220 e. The van der Waals surface area contributed by atoms with Crippen molar-refractivity contribution in [3.8, 4) is 0 Å². The first-order valence-electron chi connectivity index (χ1n) is 6.18. The van der Waals surface area contributed by atoms with E-state index in [0.29, 0.717) is 18.8 Å². The van der Waals surface area contributed by atoms with Crippen LogP contribution in [0.25, 0.3) is 11.0 Å². The number of aromatic nitrogens is 2. The molecule has 0 radical (unpaired) electrons. The molecule has 1 atom stereocenters. The quantitative estimate of drug-likeness (QED) is 0.859. The minimum absolute atomic E-state index is 0.0549. The second-order valence-electron chi connectivity index (χ2n) is 4.66. The van der Waals surface area contributed by atoms with E-state index in [1.807, 2.05) is 4.57 Å². The van der Waals surface area contributed by atoms with E-state index in [0.717, 1.165) is 17.5 Å². The minimum Gasteiger partial charge on any atom is -0.354 e. The minimum atomic E-state index is -0.297. The van der Waals surface area contributed by atoms with Crippen LogP contribution in [0.1, 0.15) is 24.7 Å². The van der Waals surface area contributed by atoms with E-state index in [-0.39, 0.29) is 23.6 Å².